The molecule has 0 aromatic rings. The van der Waals surface area contributed by atoms with Crippen molar-refractivity contribution >= 4 is 6.09 Å². The van der Waals surface area contributed by atoms with Gasteiger partial charge < -0.3 is 10.1 Å². The molecule has 0 saturated carbocycles. The van der Waals surface area contributed by atoms with Crippen molar-refractivity contribution in [3.8, 4) is 24.7 Å². The number of terminal acetylenes is 2. The average molecular weight is 249 g/mol. The van der Waals surface area contributed by atoms with Gasteiger partial charge in [0.15, 0.2) is 0 Å². The van der Waals surface area contributed by atoms with Crippen molar-refractivity contribution in [1.29, 1.82) is 0 Å². The van der Waals surface area contributed by atoms with Crippen LogP contribution in [0.25, 0.3) is 0 Å². The minimum atomic E-state index is -0.476. The number of hydrogen-bond donors (Lipinski definition) is 1. The molecule has 0 heterocycles. The van der Waals surface area contributed by atoms with E-state index in [9.17, 15) is 4.79 Å². The fourth-order valence-electron chi connectivity index (χ4n) is 0.786. The molecular formula is C15H23NO2. The first kappa shape index (κ1) is 18.5. The highest BCUT2D eigenvalue weighted by atomic mass is 16.6. The van der Waals surface area contributed by atoms with Crippen molar-refractivity contribution in [1.82, 2.24) is 5.32 Å². The molecule has 3 heteroatoms. The minimum Gasteiger partial charge on any atom is -0.444 e. The van der Waals surface area contributed by atoms with Gasteiger partial charge in [-0.15, -0.1) is 25.3 Å². The Kier molecular flexibility index (Phi) is 11.9. The zero-order valence-electron chi connectivity index (χ0n) is 11.6. The van der Waals surface area contributed by atoms with Crippen LogP contribution in [0.15, 0.2) is 12.7 Å². The quantitative estimate of drug-likeness (QED) is 0.472. The van der Waals surface area contributed by atoms with Gasteiger partial charge >= 0.3 is 6.09 Å². The van der Waals surface area contributed by atoms with E-state index in [1.807, 2.05) is 6.08 Å². The molecule has 0 rings (SSSR count). The number of unbranched alkanes of at least 4 members (excludes halogenated alkanes) is 2. The van der Waals surface area contributed by atoms with E-state index >= 15 is 0 Å². The number of hydrogen-bond acceptors (Lipinski definition) is 2. The van der Waals surface area contributed by atoms with Crippen LogP contribution < -0.4 is 5.32 Å². The lowest BCUT2D eigenvalue weighted by molar-refractivity contribution is 0.0535. The SMILES string of the molecule is C#CCCCC=C.C#CCNC(=O)OC(C)(C)C. The third kappa shape index (κ3) is 19.7. The first-order valence-electron chi connectivity index (χ1n) is 5.82. The second-order valence-corrected chi connectivity index (χ2v) is 4.44. The molecule has 0 aromatic carbocycles. The number of rotatable bonds is 4. The molecule has 0 saturated heterocycles. The van der Waals surface area contributed by atoms with E-state index in [4.69, 9.17) is 17.6 Å². The Hall–Kier alpha value is -1.87. The lowest BCUT2D eigenvalue weighted by Crippen LogP contribution is -2.32. The van der Waals surface area contributed by atoms with Crippen LogP contribution in [0, 0.1) is 24.7 Å². The summed E-state index contributed by atoms with van der Waals surface area (Å²) in [6.07, 6.45) is 14.3. The fourth-order valence-corrected chi connectivity index (χ4v) is 0.786. The summed E-state index contributed by atoms with van der Waals surface area (Å²) in [4.78, 5) is 10.8. The van der Waals surface area contributed by atoms with E-state index in [2.05, 4.69) is 23.7 Å². The van der Waals surface area contributed by atoms with E-state index < -0.39 is 11.7 Å². The Bertz CT molecular complexity index is 313. The number of carbonyl (C=O) groups is 1. The van der Waals surface area contributed by atoms with Gasteiger partial charge in [-0.3, -0.25) is 0 Å². The van der Waals surface area contributed by atoms with Crippen molar-refractivity contribution in [2.24, 2.45) is 0 Å². The molecule has 0 spiro atoms. The normalized spacial score (nSPS) is 8.94. The van der Waals surface area contributed by atoms with Gasteiger partial charge in [0.1, 0.15) is 5.60 Å². The van der Waals surface area contributed by atoms with E-state index in [1.54, 1.807) is 20.8 Å². The Morgan fingerprint density at radius 3 is 2.39 bits per heavy atom. The fraction of sp³-hybridized carbons (Fsp3) is 0.533. The Balaban J connectivity index is 0. The first-order chi connectivity index (χ1) is 8.37. The second-order valence-electron chi connectivity index (χ2n) is 4.44. The molecule has 1 N–H and O–H groups in total. The van der Waals surface area contributed by atoms with Crippen LogP contribution in [0.5, 0.6) is 0 Å². The van der Waals surface area contributed by atoms with Crippen LogP contribution in [0.3, 0.4) is 0 Å². The van der Waals surface area contributed by atoms with Gasteiger partial charge in [0, 0.05) is 6.42 Å². The van der Waals surface area contributed by atoms with Gasteiger partial charge in [0.05, 0.1) is 6.54 Å². The number of carbonyl (C=O) groups excluding carboxylic acids is 1. The van der Waals surface area contributed by atoms with Crippen LogP contribution in [-0.2, 0) is 4.74 Å². The van der Waals surface area contributed by atoms with Crippen molar-refractivity contribution in [3.63, 3.8) is 0 Å². The van der Waals surface area contributed by atoms with E-state index in [0.717, 1.165) is 19.3 Å². The molecule has 100 valence electrons. The monoisotopic (exact) mass is 249 g/mol. The second kappa shape index (κ2) is 11.6. The molecule has 0 aliphatic rings. The third-order valence-electron chi connectivity index (χ3n) is 1.46. The van der Waals surface area contributed by atoms with Crippen LogP contribution in [0.4, 0.5) is 4.79 Å². The van der Waals surface area contributed by atoms with Gasteiger partial charge in [-0.1, -0.05) is 12.0 Å². The topological polar surface area (TPSA) is 38.3 Å². The molecule has 3 nitrogen and oxygen atoms in total. The largest absolute Gasteiger partial charge is 0.444 e. The van der Waals surface area contributed by atoms with Gasteiger partial charge in [-0.05, 0) is 33.6 Å². The predicted octanol–water partition coefficient (Wildman–Crippen LogP) is 3.12. The van der Waals surface area contributed by atoms with Crippen molar-refractivity contribution in [2.75, 3.05) is 6.54 Å². The molecule has 0 aromatic heterocycles. The number of nitrogens with one attached hydrogen (secondary N) is 1. The lowest BCUT2D eigenvalue weighted by atomic mass is 10.2. The van der Waals surface area contributed by atoms with Crippen molar-refractivity contribution < 1.29 is 9.53 Å². The summed E-state index contributed by atoms with van der Waals surface area (Å²) < 4.78 is 4.89. The molecular weight excluding hydrogens is 226 g/mol. The average Bonchev–Trinajstić information content (AvgIpc) is 2.26. The van der Waals surface area contributed by atoms with Gasteiger partial charge in [0.2, 0.25) is 0 Å². The number of amides is 1. The third-order valence-corrected chi connectivity index (χ3v) is 1.46. The standard InChI is InChI=1S/C8H13NO2.C7H10/c1-5-6-9-7(10)11-8(2,3)4;1-3-5-7-6-4-2/h1H,6H2,2-4H3,(H,9,10);1,4H,2,5-7H2. The van der Waals surface area contributed by atoms with E-state index in [1.165, 1.54) is 0 Å². The molecule has 0 aliphatic carbocycles. The smallest absolute Gasteiger partial charge is 0.408 e. The van der Waals surface area contributed by atoms with Crippen LogP contribution in [-0.4, -0.2) is 18.2 Å². The minimum absolute atomic E-state index is 0.203. The molecule has 0 radical (unpaired) electrons. The van der Waals surface area contributed by atoms with Gasteiger partial charge in [0.25, 0.3) is 0 Å². The van der Waals surface area contributed by atoms with Gasteiger partial charge in [-0.2, -0.15) is 0 Å². The van der Waals surface area contributed by atoms with Crippen molar-refractivity contribution in [2.45, 2.75) is 45.6 Å². The van der Waals surface area contributed by atoms with Crippen LogP contribution in [0.2, 0.25) is 0 Å². The highest BCUT2D eigenvalue weighted by Crippen LogP contribution is 2.05. The predicted molar refractivity (Wildman–Crippen MR) is 76.0 cm³/mol. The van der Waals surface area contributed by atoms with E-state index in [0.29, 0.717) is 0 Å². The lowest BCUT2D eigenvalue weighted by Gasteiger charge is -2.18. The van der Waals surface area contributed by atoms with Crippen LogP contribution >= 0.6 is 0 Å². The maximum atomic E-state index is 10.8. The number of ether oxygens (including phenoxy) is 1. The Labute approximate surface area is 111 Å². The summed E-state index contributed by atoms with van der Waals surface area (Å²) in [5, 5.41) is 2.39. The highest BCUT2D eigenvalue weighted by Gasteiger charge is 2.14. The maximum absolute atomic E-state index is 10.8. The first-order valence-corrected chi connectivity index (χ1v) is 5.82. The summed E-state index contributed by atoms with van der Waals surface area (Å²) in [5.74, 6) is 4.83. The molecule has 0 unspecified atom stereocenters. The molecule has 1 amide bonds. The number of alkyl carbamates (subject to hydrolysis) is 1. The zero-order valence-corrected chi connectivity index (χ0v) is 11.6. The van der Waals surface area contributed by atoms with Crippen LogP contribution in [0.1, 0.15) is 40.0 Å². The highest BCUT2D eigenvalue weighted by molar-refractivity contribution is 5.67. The molecule has 0 atom stereocenters. The summed E-state index contributed by atoms with van der Waals surface area (Å²) >= 11 is 0. The summed E-state index contributed by atoms with van der Waals surface area (Å²) in [7, 11) is 0. The van der Waals surface area contributed by atoms with Gasteiger partial charge in [-0.25, -0.2) is 4.79 Å². The molecule has 0 bridgehead atoms. The summed E-state index contributed by atoms with van der Waals surface area (Å²) in [5.41, 5.74) is -0.460. The summed E-state index contributed by atoms with van der Waals surface area (Å²) in [6.45, 7) is 9.15. The molecule has 18 heavy (non-hydrogen) atoms. The zero-order chi connectivity index (χ0) is 14.4. The Morgan fingerprint density at radius 2 is 2.00 bits per heavy atom. The van der Waals surface area contributed by atoms with Crippen molar-refractivity contribution in [3.05, 3.63) is 12.7 Å². The maximum Gasteiger partial charge on any atom is 0.408 e. The Morgan fingerprint density at radius 1 is 1.39 bits per heavy atom. The molecule has 0 fully saturated rings. The number of allylic oxidation sites excluding steroid dienone is 1. The molecule has 0 aliphatic heterocycles. The summed E-state index contributed by atoms with van der Waals surface area (Å²) in [6, 6.07) is 0. The van der Waals surface area contributed by atoms with E-state index in [-0.39, 0.29) is 6.54 Å².